The number of ether oxygens (including phenoxy) is 1. The third-order valence-corrected chi connectivity index (χ3v) is 5.03. The van der Waals surface area contributed by atoms with Crippen LogP contribution < -0.4 is 0 Å². The maximum atomic E-state index is 13.9. The average molecular weight is 377 g/mol. The number of piperidine rings is 1. The van der Waals surface area contributed by atoms with E-state index in [1.54, 1.807) is 12.1 Å². The quantitative estimate of drug-likeness (QED) is 0.813. The van der Waals surface area contributed by atoms with Gasteiger partial charge in [0, 0.05) is 56.2 Å². The molecule has 4 nitrogen and oxygen atoms in total. The van der Waals surface area contributed by atoms with Crippen LogP contribution in [0.1, 0.15) is 18.4 Å². The Hall–Kier alpha value is -1.31. The molecule has 0 bridgehead atoms. The molecule has 2 fully saturated rings. The van der Waals surface area contributed by atoms with Gasteiger partial charge in [-0.1, -0.05) is 17.7 Å². The number of benzene rings is 1. The summed E-state index contributed by atoms with van der Waals surface area (Å²) >= 11 is 6.05. The highest BCUT2D eigenvalue weighted by Gasteiger charge is 2.38. The Balaban J connectivity index is 1.60. The number of carbonyl (C=O) groups is 1. The molecule has 2 heterocycles. The molecule has 2 aliphatic heterocycles. The van der Waals surface area contributed by atoms with E-state index in [2.05, 4.69) is 0 Å². The van der Waals surface area contributed by atoms with Crippen molar-refractivity contribution in [2.75, 3.05) is 32.8 Å². The SMILES string of the molecule is O=C(C1CN(Cc2c(F)cccc2Cl)CCO1)N1CCC(F)(F)CC1. The Morgan fingerprint density at radius 1 is 1.28 bits per heavy atom. The van der Waals surface area contributed by atoms with E-state index in [0.29, 0.717) is 23.7 Å². The van der Waals surface area contributed by atoms with Crippen LogP contribution in [0, 0.1) is 5.82 Å². The van der Waals surface area contributed by atoms with Crippen LogP contribution in [0.2, 0.25) is 5.02 Å². The molecule has 1 unspecified atom stereocenters. The number of amides is 1. The number of morpholine rings is 1. The van der Waals surface area contributed by atoms with Gasteiger partial charge in [-0.15, -0.1) is 0 Å². The predicted molar refractivity (Wildman–Crippen MR) is 87.2 cm³/mol. The summed E-state index contributed by atoms with van der Waals surface area (Å²) in [6.45, 7) is 1.50. The van der Waals surface area contributed by atoms with E-state index < -0.39 is 12.0 Å². The highest BCUT2D eigenvalue weighted by atomic mass is 35.5. The van der Waals surface area contributed by atoms with Crippen molar-refractivity contribution in [3.63, 3.8) is 0 Å². The van der Waals surface area contributed by atoms with E-state index in [1.807, 2.05) is 4.90 Å². The van der Waals surface area contributed by atoms with Crippen molar-refractivity contribution >= 4 is 17.5 Å². The molecule has 0 aliphatic carbocycles. The van der Waals surface area contributed by atoms with Crippen LogP contribution in [0.4, 0.5) is 13.2 Å². The molecule has 2 aliphatic rings. The molecule has 0 radical (unpaired) electrons. The van der Waals surface area contributed by atoms with Crippen molar-refractivity contribution < 1.29 is 22.7 Å². The zero-order chi connectivity index (χ0) is 18.0. The summed E-state index contributed by atoms with van der Waals surface area (Å²) in [5, 5.41) is 0.340. The Morgan fingerprint density at radius 3 is 2.68 bits per heavy atom. The second kappa shape index (κ2) is 7.51. The predicted octanol–water partition coefficient (Wildman–Crippen LogP) is 2.94. The van der Waals surface area contributed by atoms with E-state index in [-0.39, 0.29) is 50.7 Å². The van der Waals surface area contributed by atoms with Crippen molar-refractivity contribution in [2.45, 2.75) is 31.4 Å². The fourth-order valence-corrected chi connectivity index (χ4v) is 3.38. The normalized spacial score (nSPS) is 24.3. The first-order chi connectivity index (χ1) is 11.9. The van der Waals surface area contributed by atoms with E-state index in [4.69, 9.17) is 16.3 Å². The minimum absolute atomic E-state index is 0.0326. The lowest BCUT2D eigenvalue weighted by Crippen LogP contribution is -2.53. The molecule has 0 spiro atoms. The number of rotatable bonds is 3. The topological polar surface area (TPSA) is 32.8 Å². The maximum Gasteiger partial charge on any atom is 0.253 e. The van der Waals surface area contributed by atoms with Gasteiger partial charge < -0.3 is 9.64 Å². The van der Waals surface area contributed by atoms with Gasteiger partial charge in [0.15, 0.2) is 0 Å². The molecule has 0 saturated carbocycles. The van der Waals surface area contributed by atoms with Crippen LogP contribution in [-0.2, 0) is 16.1 Å². The average Bonchev–Trinajstić information content (AvgIpc) is 2.58. The summed E-state index contributed by atoms with van der Waals surface area (Å²) < 4.78 is 45.9. The number of halogens is 4. The Labute approximate surface area is 149 Å². The van der Waals surface area contributed by atoms with E-state index >= 15 is 0 Å². The minimum atomic E-state index is -2.70. The van der Waals surface area contributed by atoms with Gasteiger partial charge in [-0.3, -0.25) is 9.69 Å². The summed E-state index contributed by atoms with van der Waals surface area (Å²) in [4.78, 5) is 15.9. The van der Waals surface area contributed by atoms with Crippen LogP contribution in [0.15, 0.2) is 18.2 Å². The Kier molecular flexibility index (Phi) is 5.55. The molecule has 0 N–H and O–H groups in total. The van der Waals surface area contributed by atoms with Gasteiger partial charge in [-0.2, -0.15) is 0 Å². The molecule has 8 heteroatoms. The highest BCUT2D eigenvalue weighted by Crippen LogP contribution is 2.28. The third kappa shape index (κ3) is 4.46. The van der Waals surface area contributed by atoms with Crippen LogP contribution in [0.5, 0.6) is 0 Å². The summed E-state index contributed by atoms with van der Waals surface area (Å²) in [7, 11) is 0. The lowest BCUT2D eigenvalue weighted by molar-refractivity contribution is -0.155. The second-order valence-corrected chi connectivity index (χ2v) is 6.88. The smallest absolute Gasteiger partial charge is 0.253 e. The fraction of sp³-hybridized carbons (Fsp3) is 0.588. The largest absolute Gasteiger partial charge is 0.366 e. The summed E-state index contributed by atoms with van der Waals surface area (Å²) in [5.41, 5.74) is 0.384. The van der Waals surface area contributed by atoms with E-state index in [1.165, 1.54) is 11.0 Å². The van der Waals surface area contributed by atoms with Crippen LogP contribution in [0.25, 0.3) is 0 Å². The van der Waals surface area contributed by atoms with Crippen LogP contribution >= 0.6 is 11.6 Å². The molecule has 1 aromatic carbocycles. The summed E-state index contributed by atoms with van der Waals surface area (Å²) in [6, 6.07) is 4.51. The summed E-state index contributed by atoms with van der Waals surface area (Å²) in [6.07, 6.45) is -1.36. The molecule has 3 rings (SSSR count). The van der Waals surface area contributed by atoms with E-state index in [9.17, 15) is 18.0 Å². The first kappa shape index (κ1) is 18.5. The van der Waals surface area contributed by atoms with Gasteiger partial charge in [-0.05, 0) is 12.1 Å². The molecule has 1 amide bonds. The molecule has 25 heavy (non-hydrogen) atoms. The third-order valence-electron chi connectivity index (χ3n) is 4.68. The standard InChI is InChI=1S/C17H20ClF3N2O2/c18-13-2-1-3-14(19)12(13)10-22-8-9-25-15(11-22)16(24)23-6-4-17(20,21)5-7-23/h1-3,15H,4-11H2. The number of nitrogens with zero attached hydrogens (tertiary/aromatic N) is 2. The maximum absolute atomic E-state index is 13.9. The lowest BCUT2D eigenvalue weighted by atomic mass is 10.1. The lowest BCUT2D eigenvalue weighted by Gasteiger charge is -2.37. The first-order valence-electron chi connectivity index (χ1n) is 8.29. The first-order valence-corrected chi connectivity index (χ1v) is 8.67. The Bertz CT molecular complexity index is 614. The molecule has 1 aromatic rings. The molecular weight excluding hydrogens is 357 g/mol. The van der Waals surface area contributed by atoms with E-state index in [0.717, 1.165) is 0 Å². The fourth-order valence-electron chi connectivity index (χ4n) is 3.16. The number of hydrogen-bond donors (Lipinski definition) is 0. The van der Waals surface area contributed by atoms with Gasteiger partial charge in [-0.25, -0.2) is 13.2 Å². The van der Waals surface area contributed by atoms with Gasteiger partial charge in [0.1, 0.15) is 11.9 Å². The van der Waals surface area contributed by atoms with Gasteiger partial charge in [0.25, 0.3) is 11.8 Å². The molecule has 1 atom stereocenters. The van der Waals surface area contributed by atoms with Crippen molar-refractivity contribution in [3.05, 3.63) is 34.6 Å². The zero-order valence-corrected chi connectivity index (χ0v) is 14.4. The molecule has 0 aromatic heterocycles. The number of likely N-dealkylation sites (tertiary alicyclic amines) is 1. The molecule has 2 saturated heterocycles. The van der Waals surface area contributed by atoms with Crippen molar-refractivity contribution in [3.8, 4) is 0 Å². The highest BCUT2D eigenvalue weighted by molar-refractivity contribution is 6.31. The van der Waals surface area contributed by atoms with Crippen molar-refractivity contribution in [2.24, 2.45) is 0 Å². The van der Waals surface area contributed by atoms with Crippen molar-refractivity contribution in [1.29, 1.82) is 0 Å². The number of hydrogen-bond acceptors (Lipinski definition) is 3. The number of alkyl halides is 2. The van der Waals surface area contributed by atoms with Gasteiger partial charge >= 0.3 is 0 Å². The minimum Gasteiger partial charge on any atom is -0.366 e. The van der Waals surface area contributed by atoms with Crippen molar-refractivity contribution in [1.82, 2.24) is 9.80 Å². The van der Waals surface area contributed by atoms with Crippen LogP contribution in [-0.4, -0.2) is 60.5 Å². The number of carbonyl (C=O) groups excluding carboxylic acids is 1. The van der Waals surface area contributed by atoms with Gasteiger partial charge in [0.2, 0.25) is 0 Å². The monoisotopic (exact) mass is 376 g/mol. The summed E-state index contributed by atoms with van der Waals surface area (Å²) in [5.74, 6) is -3.36. The van der Waals surface area contributed by atoms with Gasteiger partial charge in [0.05, 0.1) is 6.61 Å². The molecule has 138 valence electrons. The Morgan fingerprint density at radius 2 is 2.00 bits per heavy atom. The molecular formula is C17H20ClF3N2O2. The van der Waals surface area contributed by atoms with Crippen LogP contribution in [0.3, 0.4) is 0 Å². The second-order valence-electron chi connectivity index (χ2n) is 6.48. The zero-order valence-electron chi connectivity index (χ0n) is 13.7.